The van der Waals surface area contributed by atoms with Crippen LogP contribution in [0.1, 0.15) is 176 Å². The van der Waals surface area contributed by atoms with Crippen molar-refractivity contribution >= 4 is 74.3 Å². The summed E-state index contributed by atoms with van der Waals surface area (Å²) in [5.41, 5.74) is 6.30. The average molecular weight is 938 g/mol. The summed E-state index contributed by atoms with van der Waals surface area (Å²) in [6.07, 6.45) is 26.4. The Morgan fingerprint density at radius 3 is 1.23 bits per heavy atom. The number of carbonyl (C=O) groups is 1. The minimum absolute atomic E-state index is 0. The molecule has 0 aliphatic rings. The van der Waals surface area contributed by atoms with E-state index >= 15 is 0 Å². The summed E-state index contributed by atoms with van der Waals surface area (Å²) >= 11 is 10.9. The molecule has 0 saturated carbocycles. The average Bonchev–Trinajstić information content (AvgIpc) is 4.14. The van der Waals surface area contributed by atoms with Gasteiger partial charge in [0.05, 0.1) is 13.4 Å². The van der Waals surface area contributed by atoms with E-state index in [1.54, 1.807) is 44.9 Å². The predicted octanol–water partition coefficient (Wildman–Crippen LogP) is 19.8. The first-order chi connectivity index (χ1) is 30.0. The molecule has 0 spiro atoms. The van der Waals surface area contributed by atoms with Gasteiger partial charge in [-0.05, 0) is 121 Å². The van der Waals surface area contributed by atoms with E-state index in [0.717, 1.165) is 22.5 Å². The van der Waals surface area contributed by atoms with Crippen LogP contribution in [0.15, 0.2) is 59.3 Å². The van der Waals surface area contributed by atoms with Crippen molar-refractivity contribution < 1.29 is 10.6 Å². The zero-order chi connectivity index (χ0) is 43.7. The van der Waals surface area contributed by atoms with Gasteiger partial charge in [-0.2, -0.15) is 5.26 Å². The van der Waals surface area contributed by atoms with Crippen molar-refractivity contribution in [1.29, 1.82) is 5.26 Å². The number of carbonyl (C=O) groups excluding carboxylic acids is 1. The van der Waals surface area contributed by atoms with Crippen molar-refractivity contribution in [3.8, 4) is 45.1 Å². The molecule has 0 bridgehead atoms. The van der Waals surface area contributed by atoms with Crippen LogP contribution in [0.25, 0.3) is 39.0 Å². The van der Waals surface area contributed by atoms with Gasteiger partial charge in [0.2, 0.25) is 0 Å². The molecular weight excluding hydrogens is 866 g/mol. The Labute approximate surface area is 394 Å². The molecule has 0 amide bonds. The van der Waals surface area contributed by atoms with E-state index in [4.69, 9.17) is 1.37 Å². The first kappa shape index (κ1) is 50.9. The molecule has 61 heavy (non-hydrogen) atoms. The van der Waals surface area contributed by atoms with Crippen molar-refractivity contribution in [2.24, 2.45) is 0 Å². The van der Waals surface area contributed by atoms with Gasteiger partial charge in [-0.3, -0.25) is 9.18 Å². The third-order valence-electron chi connectivity index (χ3n) is 10.8. The topological polar surface area (TPSA) is 40.9 Å². The van der Waals surface area contributed by atoms with Crippen molar-refractivity contribution in [1.82, 2.24) is 0 Å². The van der Waals surface area contributed by atoms with E-state index < -0.39 is 7.15 Å². The first-order valence-electron chi connectivity index (χ1n) is 23.0. The molecule has 0 radical (unpaired) electrons. The SMILES string of the molecule is C.CCCCCCc1c(-c2cccs2)sc(-c2ccc(C#N)s2)c1CCCCCC.CCCCCCc1c(-c2cccs2)sc(-c2ccc(C=O)s2)c1CCCCCC.[2H]CF. The predicted molar refractivity (Wildman–Crippen MR) is 277 cm³/mol. The summed E-state index contributed by atoms with van der Waals surface area (Å²) < 4.78 is 15.5. The van der Waals surface area contributed by atoms with Crippen LogP contribution in [0, 0.1) is 11.3 Å². The van der Waals surface area contributed by atoms with Crippen molar-refractivity contribution in [3.63, 3.8) is 0 Å². The van der Waals surface area contributed by atoms with Gasteiger partial charge >= 0.3 is 0 Å². The Balaban J connectivity index is 0.000000306. The van der Waals surface area contributed by atoms with E-state index in [-0.39, 0.29) is 7.43 Å². The Hall–Kier alpha value is -2.71. The van der Waals surface area contributed by atoms with Crippen LogP contribution in [0.2, 0.25) is 0 Å². The summed E-state index contributed by atoms with van der Waals surface area (Å²) in [6, 6.07) is 19.4. The normalized spacial score (nSPS) is 10.9. The fourth-order valence-electron chi connectivity index (χ4n) is 7.64. The van der Waals surface area contributed by atoms with Crippen molar-refractivity contribution in [2.75, 3.05) is 7.15 Å². The van der Waals surface area contributed by atoms with Gasteiger partial charge in [-0.25, -0.2) is 0 Å². The van der Waals surface area contributed by atoms with E-state index in [0.29, 0.717) is 0 Å². The molecule has 0 atom stereocenters. The lowest BCUT2D eigenvalue weighted by Crippen LogP contribution is -1.95. The second kappa shape index (κ2) is 30.4. The highest BCUT2D eigenvalue weighted by molar-refractivity contribution is 7.27. The van der Waals surface area contributed by atoms with Gasteiger partial charge in [0.25, 0.3) is 0 Å². The lowest BCUT2D eigenvalue weighted by Gasteiger charge is -2.09. The number of halogens is 1. The number of thiophene rings is 6. The minimum Gasteiger partial charge on any atom is -0.297 e. The lowest BCUT2D eigenvalue weighted by atomic mass is 9.96. The molecule has 9 heteroatoms. The summed E-state index contributed by atoms with van der Waals surface area (Å²) in [7, 11) is -1.00. The van der Waals surface area contributed by atoms with Crippen LogP contribution in [-0.2, 0) is 25.7 Å². The van der Waals surface area contributed by atoms with Gasteiger partial charge in [0.15, 0.2) is 6.29 Å². The molecule has 6 heterocycles. The van der Waals surface area contributed by atoms with Crippen LogP contribution >= 0.6 is 68.0 Å². The highest BCUT2D eigenvalue weighted by atomic mass is 32.1. The van der Waals surface area contributed by atoms with Gasteiger partial charge in [0.1, 0.15) is 10.9 Å². The van der Waals surface area contributed by atoms with Gasteiger partial charge < -0.3 is 0 Å². The Kier molecular flexibility index (Phi) is 25.4. The molecule has 0 aliphatic heterocycles. The minimum atomic E-state index is -1.00. The monoisotopic (exact) mass is 936 g/mol. The van der Waals surface area contributed by atoms with E-state index in [1.165, 1.54) is 161 Å². The molecule has 0 fully saturated rings. The zero-order valence-electron chi connectivity index (χ0n) is 37.4. The lowest BCUT2D eigenvalue weighted by molar-refractivity contribution is 0.112. The zero-order valence-corrected chi connectivity index (χ0v) is 41.3. The molecule has 6 aromatic heterocycles. The Morgan fingerprint density at radius 1 is 0.541 bits per heavy atom. The molecule has 6 aromatic rings. The largest absolute Gasteiger partial charge is 0.297 e. The van der Waals surface area contributed by atoms with Crippen LogP contribution in [0.3, 0.4) is 0 Å². The third kappa shape index (κ3) is 15.8. The van der Waals surface area contributed by atoms with Gasteiger partial charge in [0, 0.05) is 39.0 Å². The number of aldehydes is 1. The molecule has 0 saturated heterocycles. The van der Waals surface area contributed by atoms with Gasteiger partial charge in [-0.1, -0.05) is 124 Å². The van der Waals surface area contributed by atoms with Crippen molar-refractivity contribution in [3.05, 3.63) is 91.3 Å². The Bertz CT molecular complexity index is 2110. The summed E-state index contributed by atoms with van der Waals surface area (Å²) in [5, 5.41) is 13.7. The quantitative estimate of drug-likeness (QED) is 0.0424. The summed E-state index contributed by atoms with van der Waals surface area (Å²) in [4.78, 5) is 24.0. The fourth-order valence-corrected chi connectivity index (χ4v) is 14.1. The molecule has 0 unspecified atom stereocenters. The number of nitriles is 1. The second-order valence-corrected chi connectivity index (χ2v) is 21.4. The maximum absolute atomic E-state index is 11.3. The van der Waals surface area contributed by atoms with E-state index in [2.05, 4.69) is 80.9 Å². The highest BCUT2D eigenvalue weighted by Gasteiger charge is 2.23. The van der Waals surface area contributed by atoms with E-state index in [1.807, 2.05) is 57.5 Å². The fraction of sp³-hybridized carbons (Fsp3) is 0.500. The number of rotatable bonds is 25. The number of hydrogen-bond donors (Lipinski definition) is 0. The molecular formula is C52H70FNOS6. The molecule has 2 nitrogen and oxygen atoms in total. The number of nitrogens with zero attached hydrogens (tertiary/aromatic N) is 1. The molecule has 0 aromatic carbocycles. The van der Waals surface area contributed by atoms with Crippen LogP contribution in [0.4, 0.5) is 4.39 Å². The maximum Gasteiger partial charge on any atom is 0.160 e. The molecule has 0 N–H and O–H groups in total. The summed E-state index contributed by atoms with van der Waals surface area (Å²) in [6.45, 7) is 9.11. The number of hydrogen-bond acceptors (Lipinski definition) is 8. The Morgan fingerprint density at radius 2 is 0.918 bits per heavy atom. The van der Waals surface area contributed by atoms with E-state index in [9.17, 15) is 14.4 Å². The van der Waals surface area contributed by atoms with Crippen molar-refractivity contribution in [2.45, 2.75) is 164 Å². The van der Waals surface area contributed by atoms with Crippen LogP contribution in [0.5, 0.6) is 0 Å². The maximum atomic E-state index is 11.3. The van der Waals surface area contributed by atoms with Gasteiger partial charge in [-0.15, -0.1) is 68.0 Å². The molecule has 0 aliphatic carbocycles. The van der Waals surface area contributed by atoms with Crippen LogP contribution < -0.4 is 0 Å². The first-order valence-corrected chi connectivity index (χ1v) is 27.3. The standard InChI is InChI=1S/C25H31NS3.C25H32OS3.CH3F.CH4/c2*1-3-5-7-9-12-20-21(13-10-8-6-4-2)25(23-16-15-19(18-26)28-23)29-24(20)22-14-11-17-27-22;1-2;/h11,14-17H,3-10,12-13H2,1-2H3;11,14-18H,3-10,12-13H2,1-2H3;1H3;1H4/i;;1D;. The third-order valence-corrected chi connectivity index (χ3v) is 17.8. The summed E-state index contributed by atoms with van der Waals surface area (Å²) in [5.74, 6) is 0. The smallest absolute Gasteiger partial charge is 0.160 e. The number of alkyl halides is 1. The highest BCUT2D eigenvalue weighted by Crippen LogP contribution is 2.48. The van der Waals surface area contributed by atoms with Crippen LogP contribution in [-0.4, -0.2) is 13.4 Å². The molecule has 6 rings (SSSR count). The number of unbranched alkanes of at least 4 members (excludes halogenated alkanes) is 12. The molecule has 332 valence electrons. The second-order valence-electron chi connectivity index (χ2n) is 15.2.